The van der Waals surface area contributed by atoms with Crippen molar-refractivity contribution in [3.63, 3.8) is 0 Å². The van der Waals surface area contributed by atoms with Gasteiger partial charge in [0.15, 0.2) is 0 Å². The van der Waals surface area contributed by atoms with E-state index in [4.69, 9.17) is 0 Å². The Labute approximate surface area is 95.7 Å². The smallest absolute Gasteiger partial charge is 0.0655 e. The van der Waals surface area contributed by atoms with Gasteiger partial charge in [-0.15, -0.1) is 0 Å². The van der Waals surface area contributed by atoms with Crippen molar-refractivity contribution in [3.8, 4) is 0 Å². The maximum atomic E-state index is 9.83. The molecule has 0 spiro atoms. The molecule has 2 aromatic carbocycles. The molecule has 16 heavy (non-hydrogen) atoms. The summed E-state index contributed by atoms with van der Waals surface area (Å²) in [6.07, 6.45) is 1.94. The van der Waals surface area contributed by atoms with Gasteiger partial charge in [0, 0.05) is 0 Å². The maximum Gasteiger partial charge on any atom is 0.0655 e. The van der Waals surface area contributed by atoms with Crippen LogP contribution in [0.3, 0.4) is 0 Å². The van der Waals surface area contributed by atoms with Crippen LogP contribution in [0.5, 0.6) is 0 Å². The van der Waals surface area contributed by atoms with Crippen LogP contribution >= 0.6 is 0 Å². The van der Waals surface area contributed by atoms with Crippen molar-refractivity contribution in [1.29, 1.82) is 0 Å². The predicted octanol–water partition coefficient (Wildman–Crippen LogP) is 3.15. The van der Waals surface area contributed by atoms with Gasteiger partial charge in [0.05, 0.1) is 5.60 Å². The summed E-state index contributed by atoms with van der Waals surface area (Å²) in [5.74, 6) is 0.443. The van der Waals surface area contributed by atoms with E-state index in [1.807, 2.05) is 6.92 Å². The number of benzene rings is 2. The Morgan fingerprint density at radius 2 is 1.88 bits per heavy atom. The van der Waals surface area contributed by atoms with Crippen molar-refractivity contribution in [3.05, 3.63) is 48.0 Å². The predicted molar refractivity (Wildman–Crippen MR) is 66.4 cm³/mol. The van der Waals surface area contributed by atoms with Crippen LogP contribution in [0.1, 0.15) is 18.9 Å². The first kappa shape index (κ1) is 9.86. The first-order valence-corrected chi connectivity index (χ1v) is 5.86. The molecule has 1 fully saturated rings. The molecule has 1 aliphatic rings. The second-order valence-corrected chi connectivity index (χ2v) is 5.10. The fourth-order valence-electron chi connectivity index (χ4n) is 2.47. The highest BCUT2D eigenvalue weighted by Crippen LogP contribution is 2.45. The molecule has 1 saturated carbocycles. The fourth-order valence-corrected chi connectivity index (χ4v) is 2.47. The van der Waals surface area contributed by atoms with Crippen molar-refractivity contribution in [2.45, 2.75) is 25.4 Å². The molecule has 2 atom stereocenters. The van der Waals surface area contributed by atoms with Crippen LogP contribution in [-0.4, -0.2) is 10.7 Å². The summed E-state index contributed by atoms with van der Waals surface area (Å²) in [7, 11) is 0. The first-order chi connectivity index (χ1) is 7.67. The second kappa shape index (κ2) is 3.33. The molecule has 0 amide bonds. The van der Waals surface area contributed by atoms with Gasteiger partial charge in [0.25, 0.3) is 0 Å². The van der Waals surface area contributed by atoms with Gasteiger partial charge in [-0.2, -0.15) is 0 Å². The molecule has 1 heteroatoms. The van der Waals surface area contributed by atoms with Crippen molar-refractivity contribution >= 4 is 10.8 Å². The van der Waals surface area contributed by atoms with E-state index in [0.29, 0.717) is 5.92 Å². The fraction of sp³-hybridized carbons (Fsp3) is 0.333. The molecular formula is C15H16O. The first-order valence-electron chi connectivity index (χ1n) is 5.86. The van der Waals surface area contributed by atoms with E-state index in [-0.39, 0.29) is 0 Å². The zero-order valence-corrected chi connectivity index (χ0v) is 9.48. The summed E-state index contributed by atoms with van der Waals surface area (Å²) in [5, 5.41) is 12.4. The van der Waals surface area contributed by atoms with Crippen molar-refractivity contribution in [1.82, 2.24) is 0 Å². The number of hydrogen-bond acceptors (Lipinski definition) is 1. The lowest BCUT2D eigenvalue weighted by atomic mass is 9.99. The molecule has 82 valence electrons. The normalized spacial score (nSPS) is 28.2. The van der Waals surface area contributed by atoms with Gasteiger partial charge < -0.3 is 5.11 Å². The Morgan fingerprint density at radius 3 is 2.62 bits per heavy atom. The third-order valence-electron chi connectivity index (χ3n) is 3.73. The van der Waals surface area contributed by atoms with Gasteiger partial charge in [-0.1, -0.05) is 42.5 Å². The lowest BCUT2D eigenvalue weighted by Crippen LogP contribution is -2.05. The van der Waals surface area contributed by atoms with Crippen LogP contribution in [0.4, 0.5) is 0 Å². The molecule has 0 aliphatic heterocycles. The molecule has 0 aromatic heterocycles. The summed E-state index contributed by atoms with van der Waals surface area (Å²) < 4.78 is 0. The largest absolute Gasteiger partial charge is 0.390 e. The monoisotopic (exact) mass is 212 g/mol. The van der Waals surface area contributed by atoms with Crippen LogP contribution in [0.25, 0.3) is 10.8 Å². The minimum Gasteiger partial charge on any atom is -0.390 e. The highest BCUT2D eigenvalue weighted by atomic mass is 16.3. The summed E-state index contributed by atoms with van der Waals surface area (Å²) in [4.78, 5) is 0. The molecule has 1 aliphatic carbocycles. The molecule has 1 N–H and O–H groups in total. The molecule has 0 heterocycles. The molecule has 0 saturated heterocycles. The second-order valence-electron chi connectivity index (χ2n) is 5.10. The minimum atomic E-state index is -0.420. The van der Waals surface area contributed by atoms with E-state index in [0.717, 1.165) is 12.8 Å². The van der Waals surface area contributed by atoms with Crippen LogP contribution in [0.15, 0.2) is 42.5 Å². The number of fused-ring (bicyclic) bond motifs is 1. The highest BCUT2D eigenvalue weighted by Gasteiger charge is 2.48. The summed E-state index contributed by atoms with van der Waals surface area (Å²) in [6.45, 7) is 1.93. The standard InChI is InChI=1S/C15H16O/c1-15(16)10-13(15)9-12-7-4-6-11-5-2-3-8-14(11)12/h2-8,13,16H,9-10H2,1H3/t13-,15-/m0/s1. The van der Waals surface area contributed by atoms with Crippen LogP contribution < -0.4 is 0 Å². The Bertz CT molecular complexity index is 522. The van der Waals surface area contributed by atoms with Crippen molar-refractivity contribution in [2.75, 3.05) is 0 Å². The van der Waals surface area contributed by atoms with Gasteiger partial charge in [0.2, 0.25) is 0 Å². The van der Waals surface area contributed by atoms with Crippen LogP contribution in [-0.2, 0) is 6.42 Å². The Balaban J connectivity index is 1.98. The average Bonchev–Trinajstić information content (AvgIpc) is 2.87. The van der Waals surface area contributed by atoms with Crippen LogP contribution in [0, 0.1) is 5.92 Å². The third kappa shape index (κ3) is 1.61. The average molecular weight is 212 g/mol. The number of hydrogen-bond donors (Lipinski definition) is 1. The molecule has 3 rings (SSSR count). The Kier molecular flexibility index (Phi) is 2.05. The molecule has 0 bridgehead atoms. The molecule has 1 nitrogen and oxygen atoms in total. The third-order valence-corrected chi connectivity index (χ3v) is 3.73. The SMILES string of the molecule is C[C@]1(O)C[C@@H]1Cc1cccc2ccccc12. The van der Waals surface area contributed by atoms with E-state index in [2.05, 4.69) is 42.5 Å². The molecule has 2 aromatic rings. The van der Waals surface area contributed by atoms with Gasteiger partial charge in [0.1, 0.15) is 0 Å². The molecule has 0 unspecified atom stereocenters. The Hall–Kier alpha value is -1.34. The van der Waals surface area contributed by atoms with Crippen LogP contribution in [0.2, 0.25) is 0 Å². The van der Waals surface area contributed by atoms with E-state index in [9.17, 15) is 5.11 Å². The lowest BCUT2D eigenvalue weighted by Gasteiger charge is -2.07. The van der Waals surface area contributed by atoms with E-state index in [1.54, 1.807) is 0 Å². The Morgan fingerprint density at radius 1 is 1.19 bits per heavy atom. The zero-order valence-electron chi connectivity index (χ0n) is 9.48. The maximum absolute atomic E-state index is 9.83. The highest BCUT2D eigenvalue weighted by molar-refractivity contribution is 5.85. The van der Waals surface area contributed by atoms with Gasteiger partial charge in [-0.3, -0.25) is 0 Å². The quantitative estimate of drug-likeness (QED) is 0.810. The van der Waals surface area contributed by atoms with Gasteiger partial charge >= 0.3 is 0 Å². The van der Waals surface area contributed by atoms with E-state index < -0.39 is 5.60 Å². The summed E-state index contributed by atoms with van der Waals surface area (Å²) in [6, 6.07) is 14.9. The van der Waals surface area contributed by atoms with E-state index >= 15 is 0 Å². The van der Waals surface area contributed by atoms with Crippen molar-refractivity contribution in [2.24, 2.45) is 5.92 Å². The molecular weight excluding hydrogens is 196 g/mol. The van der Waals surface area contributed by atoms with Crippen molar-refractivity contribution < 1.29 is 5.11 Å². The summed E-state index contributed by atoms with van der Waals surface area (Å²) in [5.41, 5.74) is 0.942. The number of rotatable bonds is 2. The van der Waals surface area contributed by atoms with E-state index in [1.165, 1.54) is 16.3 Å². The zero-order chi connectivity index (χ0) is 11.2. The van der Waals surface area contributed by atoms with Gasteiger partial charge in [-0.05, 0) is 42.0 Å². The van der Waals surface area contributed by atoms with Gasteiger partial charge in [-0.25, -0.2) is 0 Å². The summed E-state index contributed by atoms with van der Waals surface area (Å²) >= 11 is 0. The molecule has 0 radical (unpaired) electrons. The minimum absolute atomic E-state index is 0.420. The number of aliphatic hydroxyl groups is 1. The lowest BCUT2D eigenvalue weighted by molar-refractivity contribution is 0.152. The topological polar surface area (TPSA) is 20.2 Å².